The van der Waals surface area contributed by atoms with E-state index in [0.29, 0.717) is 19.4 Å². The first-order valence-corrected chi connectivity index (χ1v) is 27.6. The van der Waals surface area contributed by atoms with Crippen LogP contribution in [0.2, 0.25) is 0 Å². The van der Waals surface area contributed by atoms with E-state index in [1.165, 1.54) is 96.3 Å². The smallest absolute Gasteiger partial charge is 0.305 e. The van der Waals surface area contributed by atoms with Gasteiger partial charge in [0.1, 0.15) is 24.4 Å². The number of hydrogen-bond acceptors (Lipinski definition) is 10. The topological polar surface area (TPSA) is 175 Å². The summed E-state index contributed by atoms with van der Waals surface area (Å²) >= 11 is 0. The van der Waals surface area contributed by atoms with E-state index in [-0.39, 0.29) is 18.5 Å². The van der Waals surface area contributed by atoms with Crippen LogP contribution in [0.3, 0.4) is 0 Å². The van der Waals surface area contributed by atoms with Gasteiger partial charge in [-0.05, 0) is 103 Å². The van der Waals surface area contributed by atoms with Gasteiger partial charge in [0.2, 0.25) is 5.91 Å². The predicted octanol–water partition coefficient (Wildman–Crippen LogP) is 11.9. The molecule has 7 unspecified atom stereocenters. The molecule has 0 aromatic carbocycles. The van der Waals surface area contributed by atoms with Gasteiger partial charge < -0.3 is 45.1 Å². The summed E-state index contributed by atoms with van der Waals surface area (Å²) in [7, 11) is 0. The maximum Gasteiger partial charge on any atom is 0.305 e. The van der Waals surface area contributed by atoms with Crippen molar-refractivity contribution in [3.05, 3.63) is 60.8 Å². The monoisotopic (exact) mass is 960 g/mol. The highest BCUT2D eigenvalue weighted by atomic mass is 16.7. The van der Waals surface area contributed by atoms with Crippen LogP contribution in [0.15, 0.2) is 60.8 Å². The molecule has 1 heterocycles. The van der Waals surface area contributed by atoms with Gasteiger partial charge in [-0.3, -0.25) is 9.59 Å². The summed E-state index contributed by atoms with van der Waals surface area (Å²) in [5.74, 6) is -0.270. The molecule has 0 aromatic rings. The molecule has 11 nitrogen and oxygen atoms in total. The third kappa shape index (κ3) is 36.3. The zero-order valence-electron chi connectivity index (χ0n) is 43.0. The van der Waals surface area contributed by atoms with E-state index < -0.39 is 49.5 Å². The van der Waals surface area contributed by atoms with Gasteiger partial charge in [-0.2, -0.15) is 0 Å². The first kappa shape index (κ1) is 63.4. The molecule has 1 amide bonds. The van der Waals surface area contributed by atoms with Crippen molar-refractivity contribution in [1.82, 2.24) is 5.32 Å². The van der Waals surface area contributed by atoms with Crippen molar-refractivity contribution in [2.24, 2.45) is 0 Å². The number of amides is 1. The number of allylic oxidation sites excluding steroid dienone is 9. The summed E-state index contributed by atoms with van der Waals surface area (Å²) < 4.78 is 16.6. The van der Waals surface area contributed by atoms with E-state index in [1.807, 2.05) is 6.08 Å². The van der Waals surface area contributed by atoms with Crippen LogP contribution in [0.4, 0.5) is 0 Å². The minimum absolute atomic E-state index is 0.0529. The lowest BCUT2D eigenvalue weighted by atomic mass is 9.99. The van der Waals surface area contributed by atoms with Crippen molar-refractivity contribution in [3.63, 3.8) is 0 Å². The van der Waals surface area contributed by atoms with Gasteiger partial charge in [0.15, 0.2) is 6.29 Å². The molecule has 1 rings (SSSR count). The summed E-state index contributed by atoms with van der Waals surface area (Å²) in [6.45, 7) is 4.20. The first-order valence-electron chi connectivity index (χ1n) is 27.6. The zero-order chi connectivity index (χ0) is 49.6. The number of aliphatic hydroxyl groups excluding tert-OH is 5. The summed E-state index contributed by atoms with van der Waals surface area (Å²) in [6, 6.07) is -0.845. The molecule has 11 heteroatoms. The maximum atomic E-state index is 13.0. The number of unbranched alkanes of at least 4 members (excludes halogenated alkanes) is 25. The van der Waals surface area contributed by atoms with Crippen LogP contribution in [0, 0.1) is 0 Å². The Labute approximate surface area is 414 Å². The third-order valence-corrected chi connectivity index (χ3v) is 12.6. The van der Waals surface area contributed by atoms with Crippen LogP contribution in [-0.2, 0) is 23.8 Å². The summed E-state index contributed by atoms with van der Waals surface area (Å²) in [5.41, 5.74) is 0. The van der Waals surface area contributed by atoms with E-state index in [4.69, 9.17) is 14.2 Å². The van der Waals surface area contributed by atoms with Gasteiger partial charge in [-0.25, -0.2) is 0 Å². The van der Waals surface area contributed by atoms with Gasteiger partial charge >= 0.3 is 5.97 Å². The van der Waals surface area contributed by atoms with Crippen molar-refractivity contribution in [2.45, 2.75) is 269 Å². The largest absolute Gasteiger partial charge is 0.466 e. The van der Waals surface area contributed by atoms with E-state index in [1.54, 1.807) is 6.08 Å². The van der Waals surface area contributed by atoms with Crippen LogP contribution in [0.5, 0.6) is 0 Å². The van der Waals surface area contributed by atoms with Crippen LogP contribution >= 0.6 is 0 Å². The molecule has 1 aliphatic heterocycles. The first-order chi connectivity index (χ1) is 33.2. The number of esters is 1. The van der Waals surface area contributed by atoms with Crippen molar-refractivity contribution >= 4 is 11.9 Å². The lowest BCUT2D eigenvalue weighted by molar-refractivity contribution is -0.302. The molecule has 7 atom stereocenters. The van der Waals surface area contributed by atoms with E-state index in [2.05, 4.69) is 67.8 Å². The number of nitrogens with one attached hydrogen (secondary N) is 1. The Hall–Kier alpha value is -2.64. The Morgan fingerprint density at radius 2 is 1.00 bits per heavy atom. The van der Waals surface area contributed by atoms with Crippen molar-refractivity contribution < 1.29 is 49.3 Å². The number of carbonyl (C=O) groups is 2. The van der Waals surface area contributed by atoms with Crippen molar-refractivity contribution in [1.29, 1.82) is 0 Å². The van der Waals surface area contributed by atoms with Crippen molar-refractivity contribution in [2.75, 3.05) is 19.8 Å². The lowest BCUT2D eigenvalue weighted by Crippen LogP contribution is -2.60. The summed E-state index contributed by atoms with van der Waals surface area (Å²) in [4.78, 5) is 25.0. The van der Waals surface area contributed by atoms with Crippen LogP contribution in [0.25, 0.3) is 0 Å². The highest BCUT2D eigenvalue weighted by molar-refractivity contribution is 5.76. The molecule has 0 radical (unpaired) electrons. The second-order valence-electron chi connectivity index (χ2n) is 18.9. The normalized spacial score (nSPS) is 19.9. The second-order valence-corrected chi connectivity index (χ2v) is 18.9. The molecular formula is C57H101NO10. The van der Waals surface area contributed by atoms with Crippen molar-refractivity contribution in [3.8, 4) is 0 Å². The Morgan fingerprint density at radius 3 is 1.57 bits per heavy atom. The molecule has 6 N–H and O–H groups in total. The fraction of sp³-hybridized carbons (Fsp3) is 0.789. The van der Waals surface area contributed by atoms with Gasteiger partial charge in [0, 0.05) is 12.8 Å². The lowest BCUT2D eigenvalue weighted by Gasteiger charge is -2.40. The SMILES string of the molecule is CCCCC/C=C\CCCCCCCC(=O)OCCCCC/C=C\C=C/CCCCCCCCC(=O)NC(COC1OC(CO)C(O)C(O)C1O)C(O)/C=C/CC/C=C/CCCCCCCCC. The number of rotatable bonds is 46. The predicted molar refractivity (Wildman–Crippen MR) is 278 cm³/mol. The minimum atomic E-state index is -1.59. The standard InChI is InChI=1S/C57H101NO10/c1-3-5-7-9-11-13-15-20-23-27-31-35-39-43-50(60)49(48-67-57-56(65)55(64)54(63)51(47-59)68-57)58-52(61)44-40-36-32-28-24-21-18-17-19-22-26-30-34-38-42-46-66-53(62)45-41-37-33-29-25-16-14-12-10-8-6-4-2/h12,14,17,19,22-23,26-27,39,43,49-51,54-57,59-60,63-65H,3-11,13,15-16,18,20-21,24-25,28-38,40-42,44-48H2,1-2H3,(H,58,61)/b14-12-,19-17-,26-22-,27-23+,43-39+. The number of hydrogen-bond donors (Lipinski definition) is 6. The summed E-state index contributed by atoms with van der Waals surface area (Å²) in [5, 5.41) is 54.2. The molecule has 1 aliphatic rings. The minimum Gasteiger partial charge on any atom is -0.466 e. The molecular weight excluding hydrogens is 859 g/mol. The Bertz CT molecular complexity index is 1310. The molecule has 68 heavy (non-hydrogen) atoms. The highest BCUT2D eigenvalue weighted by Gasteiger charge is 2.44. The zero-order valence-corrected chi connectivity index (χ0v) is 43.0. The molecule has 0 aromatic heterocycles. The van der Waals surface area contributed by atoms with Crippen LogP contribution in [-0.4, -0.2) is 100 Å². The fourth-order valence-electron chi connectivity index (χ4n) is 8.14. The van der Waals surface area contributed by atoms with Gasteiger partial charge in [0.05, 0.1) is 32.0 Å². The average molecular weight is 960 g/mol. The molecule has 394 valence electrons. The highest BCUT2D eigenvalue weighted by Crippen LogP contribution is 2.23. The molecule has 0 bridgehead atoms. The average Bonchev–Trinajstić information content (AvgIpc) is 3.33. The van der Waals surface area contributed by atoms with Crippen LogP contribution in [0.1, 0.15) is 226 Å². The molecule has 1 saturated heterocycles. The molecule has 1 fully saturated rings. The van der Waals surface area contributed by atoms with Crippen LogP contribution < -0.4 is 5.32 Å². The third-order valence-electron chi connectivity index (χ3n) is 12.6. The number of aliphatic hydroxyl groups is 5. The number of carbonyl (C=O) groups excluding carboxylic acids is 2. The van der Waals surface area contributed by atoms with E-state index in [0.717, 1.165) is 103 Å². The molecule has 0 spiro atoms. The van der Waals surface area contributed by atoms with E-state index in [9.17, 15) is 35.1 Å². The molecule has 0 saturated carbocycles. The Balaban J connectivity index is 2.21. The fourth-order valence-corrected chi connectivity index (χ4v) is 8.14. The van der Waals surface area contributed by atoms with Gasteiger partial charge in [-0.1, -0.05) is 171 Å². The van der Waals surface area contributed by atoms with Gasteiger partial charge in [-0.15, -0.1) is 0 Å². The Morgan fingerprint density at radius 1 is 0.544 bits per heavy atom. The maximum absolute atomic E-state index is 13.0. The summed E-state index contributed by atoms with van der Waals surface area (Å²) in [6.07, 6.45) is 48.7. The molecule has 0 aliphatic carbocycles. The number of ether oxygens (including phenoxy) is 3. The van der Waals surface area contributed by atoms with Gasteiger partial charge in [0.25, 0.3) is 0 Å². The quantitative estimate of drug-likeness (QED) is 0.0149. The second kappa shape index (κ2) is 46.7. The van der Waals surface area contributed by atoms with E-state index >= 15 is 0 Å². The Kier molecular flexibility index (Phi) is 43.5.